The second-order valence-corrected chi connectivity index (χ2v) is 11.7. The van der Waals surface area contributed by atoms with E-state index in [9.17, 15) is 4.79 Å². The molecule has 4 aromatic rings. The standard InChI is InChI=1S/C35H40N6O2/c36-18-26-43-27-25-41-32-15-8-7-14-31(32)37-34(41)39-20-9-19-38(23-24-39)21-16-35(30-12-5-2-6-13-30)17-22-40(28-35)33(42)29-10-3-1-4-11-29/h1-8,10-15H,9,16-17,19-28H2. The number of anilines is 1. The van der Waals surface area contributed by atoms with Gasteiger partial charge in [-0.2, -0.15) is 5.26 Å². The number of carbonyl (C=O) groups is 1. The number of nitrogens with zero attached hydrogens (tertiary/aromatic N) is 6. The van der Waals surface area contributed by atoms with Crippen LogP contribution in [0.15, 0.2) is 84.9 Å². The summed E-state index contributed by atoms with van der Waals surface area (Å²) in [4.78, 5) is 25.4. The van der Waals surface area contributed by atoms with E-state index in [1.165, 1.54) is 5.56 Å². The topological polar surface area (TPSA) is 77.6 Å². The number of ether oxygens (including phenoxy) is 1. The highest BCUT2D eigenvalue weighted by molar-refractivity contribution is 5.94. The number of hydrogen-bond donors (Lipinski definition) is 0. The van der Waals surface area contributed by atoms with Crippen molar-refractivity contribution >= 4 is 22.9 Å². The van der Waals surface area contributed by atoms with Crippen molar-refractivity contribution in [3.05, 3.63) is 96.1 Å². The number of aromatic nitrogens is 2. The molecule has 2 aliphatic rings. The number of para-hydroxylation sites is 2. The molecule has 8 heteroatoms. The van der Waals surface area contributed by atoms with E-state index in [-0.39, 0.29) is 17.9 Å². The third-order valence-electron chi connectivity index (χ3n) is 9.09. The summed E-state index contributed by atoms with van der Waals surface area (Å²) in [5, 5.41) is 8.86. The molecule has 8 nitrogen and oxygen atoms in total. The van der Waals surface area contributed by atoms with Crippen molar-refractivity contribution in [1.29, 1.82) is 5.26 Å². The van der Waals surface area contributed by atoms with Crippen molar-refractivity contribution in [2.24, 2.45) is 0 Å². The summed E-state index contributed by atoms with van der Waals surface area (Å²) in [6.45, 7) is 7.62. The molecule has 2 saturated heterocycles. The van der Waals surface area contributed by atoms with Gasteiger partial charge in [0.1, 0.15) is 6.61 Å². The maximum atomic E-state index is 13.4. The lowest BCUT2D eigenvalue weighted by molar-refractivity contribution is 0.0781. The molecule has 43 heavy (non-hydrogen) atoms. The number of hydrogen-bond acceptors (Lipinski definition) is 6. The highest BCUT2D eigenvalue weighted by atomic mass is 16.5. The first kappa shape index (κ1) is 28.9. The Balaban J connectivity index is 1.14. The van der Waals surface area contributed by atoms with Gasteiger partial charge in [-0.15, -0.1) is 0 Å². The molecule has 1 unspecified atom stereocenters. The third-order valence-corrected chi connectivity index (χ3v) is 9.09. The summed E-state index contributed by atoms with van der Waals surface area (Å²) in [6, 6.07) is 30.8. The van der Waals surface area contributed by atoms with Gasteiger partial charge < -0.3 is 24.0 Å². The Hall–Kier alpha value is -4.19. The monoisotopic (exact) mass is 576 g/mol. The zero-order chi connectivity index (χ0) is 29.5. The highest BCUT2D eigenvalue weighted by Gasteiger charge is 2.41. The molecule has 222 valence electrons. The Morgan fingerprint density at radius 2 is 1.65 bits per heavy atom. The molecule has 1 atom stereocenters. The van der Waals surface area contributed by atoms with Crippen LogP contribution in [0.25, 0.3) is 11.0 Å². The first-order chi connectivity index (χ1) is 21.2. The number of imidazole rings is 1. The summed E-state index contributed by atoms with van der Waals surface area (Å²) in [7, 11) is 0. The van der Waals surface area contributed by atoms with Crippen LogP contribution in [0.5, 0.6) is 0 Å². The van der Waals surface area contributed by atoms with E-state index in [0.717, 1.165) is 87.6 Å². The Morgan fingerprint density at radius 1 is 0.884 bits per heavy atom. The normalized spacial score (nSPS) is 19.4. The van der Waals surface area contributed by atoms with E-state index in [1.54, 1.807) is 0 Å². The number of nitriles is 1. The van der Waals surface area contributed by atoms with Crippen molar-refractivity contribution in [2.75, 3.05) is 63.9 Å². The quantitative estimate of drug-likeness (QED) is 0.248. The highest BCUT2D eigenvalue weighted by Crippen LogP contribution is 2.38. The van der Waals surface area contributed by atoms with E-state index in [4.69, 9.17) is 15.0 Å². The Bertz CT molecular complexity index is 1550. The van der Waals surface area contributed by atoms with Crippen molar-refractivity contribution in [3.63, 3.8) is 0 Å². The average Bonchev–Trinajstić information content (AvgIpc) is 3.58. The SMILES string of the molecule is N#CCOCCn1c(N2CCCN(CCC3(c4ccccc4)CCN(C(=O)c4ccccc4)C3)CC2)nc2ccccc21. The van der Waals surface area contributed by atoms with Crippen molar-refractivity contribution < 1.29 is 9.53 Å². The van der Waals surface area contributed by atoms with E-state index in [1.807, 2.05) is 42.5 Å². The first-order valence-corrected chi connectivity index (χ1v) is 15.4. The smallest absolute Gasteiger partial charge is 0.253 e. The van der Waals surface area contributed by atoms with Gasteiger partial charge in [0, 0.05) is 50.2 Å². The number of rotatable bonds is 10. The number of fused-ring (bicyclic) bond motifs is 1. The second-order valence-electron chi connectivity index (χ2n) is 11.7. The molecular formula is C35H40N6O2. The van der Waals surface area contributed by atoms with Crippen molar-refractivity contribution in [3.8, 4) is 6.07 Å². The molecule has 0 bridgehead atoms. The van der Waals surface area contributed by atoms with Gasteiger partial charge in [-0.05, 0) is 62.2 Å². The van der Waals surface area contributed by atoms with Crippen molar-refractivity contribution in [2.45, 2.75) is 31.2 Å². The summed E-state index contributed by atoms with van der Waals surface area (Å²) in [5.74, 6) is 1.11. The molecule has 1 amide bonds. The summed E-state index contributed by atoms with van der Waals surface area (Å²) >= 11 is 0. The minimum Gasteiger partial charge on any atom is -0.365 e. The van der Waals surface area contributed by atoms with Gasteiger partial charge in [0.05, 0.1) is 23.7 Å². The van der Waals surface area contributed by atoms with Crippen LogP contribution in [0.3, 0.4) is 0 Å². The summed E-state index contributed by atoms with van der Waals surface area (Å²) in [5.41, 5.74) is 4.14. The van der Waals surface area contributed by atoms with E-state index in [0.29, 0.717) is 13.2 Å². The molecule has 3 heterocycles. The van der Waals surface area contributed by atoms with Crippen LogP contribution in [0.2, 0.25) is 0 Å². The number of amides is 1. The van der Waals surface area contributed by atoms with Crippen LogP contribution >= 0.6 is 0 Å². The van der Waals surface area contributed by atoms with Gasteiger partial charge in [0.15, 0.2) is 0 Å². The number of likely N-dealkylation sites (tertiary alicyclic amines) is 1. The van der Waals surface area contributed by atoms with Crippen LogP contribution in [-0.4, -0.2) is 84.3 Å². The average molecular weight is 577 g/mol. The van der Waals surface area contributed by atoms with Crippen LogP contribution in [0.1, 0.15) is 35.2 Å². The minimum absolute atomic E-state index is 0.0465. The molecule has 0 aliphatic carbocycles. The Kier molecular flexibility index (Phi) is 9.01. The second kappa shape index (κ2) is 13.4. The predicted octanol–water partition coefficient (Wildman–Crippen LogP) is 4.96. The molecule has 0 saturated carbocycles. The van der Waals surface area contributed by atoms with E-state index < -0.39 is 0 Å². The third kappa shape index (κ3) is 6.43. The van der Waals surface area contributed by atoms with Gasteiger partial charge >= 0.3 is 0 Å². The van der Waals surface area contributed by atoms with Crippen LogP contribution < -0.4 is 4.90 Å². The van der Waals surface area contributed by atoms with Crippen LogP contribution in [0, 0.1) is 11.3 Å². The first-order valence-electron chi connectivity index (χ1n) is 15.4. The Morgan fingerprint density at radius 3 is 2.47 bits per heavy atom. The molecule has 2 aliphatic heterocycles. The number of carbonyl (C=O) groups excluding carboxylic acids is 1. The zero-order valence-electron chi connectivity index (χ0n) is 24.8. The fourth-order valence-electron chi connectivity index (χ4n) is 6.75. The maximum absolute atomic E-state index is 13.4. The molecule has 0 radical (unpaired) electrons. The largest absolute Gasteiger partial charge is 0.365 e. The van der Waals surface area contributed by atoms with Crippen LogP contribution in [0.4, 0.5) is 5.95 Å². The molecule has 2 fully saturated rings. The summed E-state index contributed by atoms with van der Waals surface area (Å²) < 4.78 is 7.74. The van der Waals surface area contributed by atoms with Gasteiger partial charge in [0.2, 0.25) is 5.95 Å². The Labute approximate surface area is 254 Å². The number of benzene rings is 3. The predicted molar refractivity (Wildman–Crippen MR) is 169 cm³/mol. The zero-order valence-corrected chi connectivity index (χ0v) is 24.8. The minimum atomic E-state index is -0.0465. The molecule has 0 N–H and O–H groups in total. The van der Waals surface area contributed by atoms with Gasteiger partial charge in [-0.3, -0.25) is 4.79 Å². The van der Waals surface area contributed by atoms with E-state index in [2.05, 4.69) is 67.8 Å². The van der Waals surface area contributed by atoms with Crippen molar-refractivity contribution in [1.82, 2.24) is 19.4 Å². The molecule has 3 aromatic carbocycles. The molecule has 1 aromatic heterocycles. The summed E-state index contributed by atoms with van der Waals surface area (Å²) in [6.07, 6.45) is 3.06. The lowest BCUT2D eigenvalue weighted by atomic mass is 9.76. The van der Waals surface area contributed by atoms with Gasteiger partial charge in [-0.1, -0.05) is 60.7 Å². The lowest BCUT2D eigenvalue weighted by Crippen LogP contribution is -2.39. The fraction of sp³-hybridized carbons (Fsp3) is 0.400. The molecular weight excluding hydrogens is 536 g/mol. The fourth-order valence-corrected chi connectivity index (χ4v) is 6.75. The lowest BCUT2D eigenvalue weighted by Gasteiger charge is -2.33. The van der Waals surface area contributed by atoms with Crippen LogP contribution in [-0.2, 0) is 16.7 Å². The molecule has 0 spiro atoms. The van der Waals surface area contributed by atoms with Gasteiger partial charge in [0.25, 0.3) is 5.91 Å². The molecule has 6 rings (SSSR count). The maximum Gasteiger partial charge on any atom is 0.253 e. The van der Waals surface area contributed by atoms with Gasteiger partial charge in [-0.25, -0.2) is 4.98 Å². The van der Waals surface area contributed by atoms with E-state index >= 15 is 0 Å².